The number of sulfonamides is 1. The summed E-state index contributed by atoms with van der Waals surface area (Å²) < 4.78 is 27.9. The highest BCUT2D eigenvalue weighted by Gasteiger charge is 2.34. The highest BCUT2D eigenvalue weighted by Crippen LogP contribution is 2.31. The molecule has 1 aliphatic carbocycles. The van der Waals surface area contributed by atoms with Gasteiger partial charge in [-0.05, 0) is 40.2 Å². The van der Waals surface area contributed by atoms with Crippen molar-refractivity contribution in [3.63, 3.8) is 0 Å². The van der Waals surface area contributed by atoms with Crippen molar-refractivity contribution >= 4 is 43.1 Å². The van der Waals surface area contributed by atoms with Gasteiger partial charge in [-0.2, -0.15) is 0 Å². The normalized spacial score (nSPS) is 24.8. The van der Waals surface area contributed by atoms with Gasteiger partial charge in [0, 0.05) is 16.4 Å². The maximum Gasteiger partial charge on any atom is 0.251 e. The number of halogens is 1. The van der Waals surface area contributed by atoms with Crippen molar-refractivity contribution in [2.45, 2.75) is 29.5 Å². The number of hydrogen-bond donors (Lipinski definition) is 3. The van der Waals surface area contributed by atoms with E-state index in [1.807, 2.05) is 0 Å². The molecule has 106 valence electrons. The van der Waals surface area contributed by atoms with Gasteiger partial charge in [0.2, 0.25) is 0 Å². The lowest BCUT2D eigenvalue weighted by Gasteiger charge is -2.19. The molecule has 1 aromatic rings. The maximum atomic E-state index is 12.3. The predicted molar refractivity (Wildman–Crippen MR) is 76.9 cm³/mol. The summed E-state index contributed by atoms with van der Waals surface area (Å²) in [6.45, 7) is 0. The fourth-order valence-corrected chi connectivity index (χ4v) is 5.92. The molecule has 0 aliphatic heterocycles. The average molecular weight is 368 g/mol. The fourth-order valence-electron chi connectivity index (χ4n) is 2.25. The Morgan fingerprint density at radius 3 is 2.89 bits per heavy atom. The lowest BCUT2D eigenvalue weighted by Crippen LogP contribution is -2.42. The summed E-state index contributed by atoms with van der Waals surface area (Å²) in [7, 11) is -3.58. The van der Waals surface area contributed by atoms with Crippen molar-refractivity contribution in [2.24, 2.45) is 16.8 Å². The van der Waals surface area contributed by atoms with E-state index in [9.17, 15) is 8.42 Å². The SMILES string of the molecule is NC(=NO)C1CCCC1NS(=O)(=O)c1sccc1Br. The van der Waals surface area contributed by atoms with Gasteiger partial charge in [-0.25, -0.2) is 13.1 Å². The molecule has 2 rings (SSSR count). The number of oxime groups is 1. The highest BCUT2D eigenvalue weighted by molar-refractivity contribution is 9.10. The van der Waals surface area contributed by atoms with Crippen LogP contribution in [-0.4, -0.2) is 25.5 Å². The van der Waals surface area contributed by atoms with Gasteiger partial charge in [-0.3, -0.25) is 0 Å². The van der Waals surface area contributed by atoms with Crippen LogP contribution in [0.25, 0.3) is 0 Å². The number of thiophene rings is 1. The van der Waals surface area contributed by atoms with E-state index in [1.165, 1.54) is 0 Å². The van der Waals surface area contributed by atoms with E-state index in [4.69, 9.17) is 10.9 Å². The smallest absolute Gasteiger partial charge is 0.251 e. The summed E-state index contributed by atoms with van der Waals surface area (Å²) in [5, 5.41) is 13.4. The topological polar surface area (TPSA) is 105 Å². The molecule has 2 atom stereocenters. The lowest BCUT2D eigenvalue weighted by atomic mass is 10.0. The molecule has 0 spiro atoms. The van der Waals surface area contributed by atoms with Crippen LogP contribution in [0.5, 0.6) is 0 Å². The third-order valence-corrected chi connectivity index (χ3v) is 7.31. The van der Waals surface area contributed by atoms with Crippen LogP contribution in [0.1, 0.15) is 19.3 Å². The molecule has 6 nitrogen and oxygen atoms in total. The number of nitrogens with zero attached hydrogens (tertiary/aromatic N) is 1. The minimum Gasteiger partial charge on any atom is -0.409 e. The third kappa shape index (κ3) is 3.10. The number of nitrogens with one attached hydrogen (secondary N) is 1. The molecule has 1 fully saturated rings. The molecular weight excluding hydrogens is 354 g/mol. The zero-order valence-corrected chi connectivity index (χ0v) is 13.1. The zero-order chi connectivity index (χ0) is 14.0. The van der Waals surface area contributed by atoms with E-state index in [2.05, 4.69) is 25.8 Å². The Morgan fingerprint density at radius 1 is 1.58 bits per heavy atom. The van der Waals surface area contributed by atoms with Crippen LogP contribution >= 0.6 is 27.3 Å². The Labute approximate surface area is 123 Å². The molecule has 2 unspecified atom stereocenters. The second kappa shape index (κ2) is 5.78. The van der Waals surface area contributed by atoms with Crippen molar-refractivity contribution in [1.82, 2.24) is 4.72 Å². The molecule has 1 saturated carbocycles. The molecule has 0 aromatic carbocycles. The van der Waals surface area contributed by atoms with Crippen molar-refractivity contribution < 1.29 is 13.6 Å². The first-order valence-corrected chi connectivity index (χ1v) is 8.84. The minimum absolute atomic E-state index is 0.0791. The average Bonchev–Trinajstić information content (AvgIpc) is 2.96. The molecule has 0 saturated heterocycles. The Bertz CT molecular complexity index is 585. The first-order chi connectivity index (χ1) is 8.95. The van der Waals surface area contributed by atoms with E-state index < -0.39 is 10.0 Å². The van der Waals surface area contributed by atoms with Gasteiger partial charge in [0.05, 0.1) is 0 Å². The van der Waals surface area contributed by atoms with E-state index in [1.54, 1.807) is 11.4 Å². The third-order valence-electron chi connectivity index (χ3n) is 3.15. The summed E-state index contributed by atoms with van der Waals surface area (Å²) >= 11 is 4.36. The molecule has 1 heterocycles. The van der Waals surface area contributed by atoms with Crippen LogP contribution in [0.3, 0.4) is 0 Å². The summed E-state index contributed by atoms with van der Waals surface area (Å²) in [6.07, 6.45) is 2.25. The molecule has 0 bridgehead atoms. The summed E-state index contributed by atoms with van der Waals surface area (Å²) in [5.74, 6) is -0.172. The predicted octanol–water partition coefficient (Wildman–Crippen LogP) is 1.70. The standard InChI is InChI=1S/C10H14BrN3O3S2/c11-7-4-5-18-10(7)19(16,17)14-8-3-1-2-6(8)9(12)13-15/h4-6,8,14-15H,1-3H2,(H2,12,13). The zero-order valence-electron chi connectivity index (χ0n) is 9.91. The minimum atomic E-state index is -3.58. The van der Waals surface area contributed by atoms with Crippen molar-refractivity contribution in [3.05, 3.63) is 15.9 Å². The van der Waals surface area contributed by atoms with Gasteiger partial charge < -0.3 is 10.9 Å². The second-order valence-corrected chi connectivity index (χ2v) is 8.03. The largest absolute Gasteiger partial charge is 0.409 e. The van der Waals surface area contributed by atoms with Gasteiger partial charge in [0.15, 0.2) is 0 Å². The first kappa shape index (κ1) is 14.8. The molecule has 0 radical (unpaired) electrons. The maximum absolute atomic E-state index is 12.3. The molecule has 4 N–H and O–H groups in total. The van der Waals surface area contributed by atoms with Crippen LogP contribution < -0.4 is 10.5 Å². The van der Waals surface area contributed by atoms with Crippen LogP contribution in [0, 0.1) is 5.92 Å². The lowest BCUT2D eigenvalue weighted by molar-refractivity contribution is 0.312. The monoisotopic (exact) mass is 367 g/mol. The van der Waals surface area contributed by atoms with E-state index in [-0.39, 0.29) is 22.0 Å². The highest BCUT2D eigenvalue weighted by atomic mass is 79.9. The van der Waals surface area contributed by atoms with Crippen LogP contribution in [0.2, 0.25) is 0 Å². The van der Waals surface area contributed by atoms with Crippen molar-refractivity contribution in [1.29, 1.82) is 0 Å². The van der Waals surface area contributed by atoms with E-state index in [0.29, 0.717) is 17.3 Å². The fraction of sp³-hybridized carbons (Fsp3) is 0.500. The second-order valence-electron chi connectivity index (χ2n) is 4.35. The quantitative estimate of drug-likeness (QED) is 0.326. The Kier molecular flexibility index (Phi) is 4.49. The van der Waals surface area contributed by atoms with Gasteiger partial charge >= 0.3 is 0 Å². The Morgan fingerprint density at radius 2 is 2.32 bits per heavy atom. The number of nitrogens with two attached hydrogens (primary N) is 1. The summed E-state index contributed by atoms with van der Waals surface area (Å²) in [4.78, 5) is 0. The Balaban J connectivity index is 2.19. The molecule has 1 aliphatic rings. The molecule has 0 amide bonds. The van der Waals surface area contributed by atoms with Crippen molar-refractivity contribution in [2.75, 3.05) is 0 Å². The summed E-state index contributed by atoms with van der Waals surface area (Å²) in [6, 6.07) is 1.37. The van der Waals surface area contributed by atoms with Crippen molar-refractivity contribution in [3.8, 4) is 0 Å². The number of amidine groups is 1. The van der Waals surface area contributed by atoms with Gasteiger partial charge in [0.25, 0.3) is 10.0 Å². The van der Waals surface area contributed by atoms with Crippen LogP contribution in [0.4, 0.5) is 0 Å². The molecular formula is C10H14BrN3O3S2. The van der Waals surface area contributed by atoms with E-state index >= 15 is 0 Å². The molecule has 9 heteroatoms. The number of hydrogen-bond acceptors (Lipinski definition) is 5. The van der Waals surface area contributed by atoms with Gasteiger partial charge in [0.1, 0.15) is 10.0 Å². The van der Waals surface area contributed by atoms with Crippen LogP contribution in [0.15, 0.2) is 25.3 Å². The summed E-state index contributed by atoms with van der Waals surface area (Å²) in [5.41, 5.74) is 5.59. The van der Waals surface area contributed by atoms with Gasteiger partial charge in [-0.1, -0.05) is 11.6 Å². The molecule has 1 aromatic heterocycles. The number of rotatable bonds is 4. The first-order valence-electron chi connectivity index (χ1n) is 5.68. The molecule has 19 heavy (non-hydrogen) atoms. The van der Waals surface area contributed by atoms with E-state index in [0.717, 1.165) is 17.8 Å². The van der Waals surface area contributed by atoms with Crippen LogP contribution in [-0.2, 0) is 10.0 Å². The van der Waals surface area contributed by atoms with Gasteiger partial charge in [-0.15, -0.1) is 11.3 Å². The Hall–Kier alpha value is -0.640.